The van der Waals surface area contributed by atoms with E-state index in [0.29, 0.717) is 19.0 Å². The molecule has 6 nitrogen and oxygen atoms in total. The molecular formula is C21H21N5OS2. The van der Waals surface area contributed by atoms with E-state index in [9.17, 15) is 4.79 Å². The maximum atomic E-state index is 13.0. The summed E-state index contributed by atoms with van der Waals surface area (Å²) >= 11 is 3.07. The molecule has 0 N–H and O–H groups in total. The van der Waals surface area contributed by atoms with E-state index in [2.05, 4.69) is 20.8 Å². The van der Waals surface area contributed by atoms with E-state index < -0.39 is 0 Å². The third-order valence-corrected chi connectivity index (χ3v) is 6.53. The fourth-order valence-corrected chi connectivity index (χ4v) is 4.69. The van der Waals surface area contributed by atoms with Gasteiger partial charge in [0.2, 0.25) is 5.91 Å². The molecule has 0 spiro atoms. The minimum atomic E-state index is -0.0304. The Bertz CT molecular complexity index is 1020. The Morgan fingerprint density at radius 3 is 2.76 bits per heavy atom. The normalized spacial score (nSPS) is 13.2. The first-order chi connectivity index (χ1) is 14.2. The number of hydrogen-bond acceptors (Lipinski definition) is 6. The van der Waals surface area contributed by atoms with E-state index in [1.807, 2.05) is 48.7 Å². The predicted molar refractivity (Wildman–Crippen MR) is 116 cm³/mol. The molecule has 8 heteroatoms. The SMILES string of the molecule is Cc1ccc(N(CCC#N)C(=O)CSc2nnc(-c3cccs3)n2C2CC2)cc1. The lowest BCUT2D eigenvalue weighted by molar-refractivity contribution is -0.116. The van der Waals surface area contributed by atoms with Crippen molar-refractivity contribution >= 4 is 34.7 Å². The molecule has 0 atom stereocenters. The van der Waals surface area contributed by atoms with Gasteiger partial charge in [-0.15, -0.1) is 21.5 Å². The zero-order valence-corrected chi connectivity index (χ0v) is 17.7. The van der Waals surface area contributed by atoms with Gasteiger partial charge in [0.05, 0.1) is 23.1 Å². The van der Waals surface area contributed by atoms with Crippen LogP contribution >= 0.6 is 23.1 Å². The number of nitrogens with zero attached hydrogens (tertiary/aromatic N) is 5. The lowest BCUT2D eigenvalue weighted by Gasteiger charge is -2.22. The fourth-order valence-electron chi connectivity index (χ4n) is 3.10. The number of aryl methyl sites for hydroxylation is 1. The molecule has 29 heavy (non-hydrogen) atoms. The highest BCUT2D eigenvalue weighted by atomic mass is 32.2. The van der Waals surface area contributed by atoms with Gasteiger partial charge in [-0.25, -0.2) is 0 Å². The van der Waals surface area contributed by atoms with Gasteiger partial charge in [0.1, 0.15) is 0 Å². The van der Waals surface area contributed by atoms with Crippen LogP contribution in [0.2, 0.25) is 0 Å². The first-order valence-corrected chi connectivity index (χ1v) is 11.4. The summed E-state index contributed by atoms with van der Waals surface area (Å²) in [6.45, 7) is 2.39. The number of thioether (sulfide) groups is 1. The molecule has 3 aromatic rings. The summed E-state index contributed by atoms with van der Waals surface area (Å²) in [7, 11) is 0. The lowest BCUT2D eigenvalue weighted by Crippen LogP contribution is -2.33. The molecule has 1 aliphatic rings. The van der Waals surface area contributed by atoms with Crippen LogP contribution in [-0.4, -0.2) is 33.0 Å². The molecule has 4 rings (SSSR count). The van der Waals surface area contributed by atoms with Crippen molar-refractivity contribution < 1.29 is 4.79 Å². The van der Waals surface area contributed by atoms with Crippen LogP contribution in [0.25, 0.3) is 10.7 Å². The minimum absolute atomic E-state index is 0.0304. The monoisotopic (exact) mass is 423 g/mol. The zero-order valence-electron chi connectivity index (χ0n) is 16.1. The highest BCUT2D eigenvalue weighted by Crippen LogP contribution is 2.41. The molecule has 2 heterocycles. The van der Waals surface area contributed by atoms with Crippen LogP contribution < -0.4 is 4.90 Å². The summed E-state index contributed by atoms with van der Waals surface area (Å²) in [5.41, 5.74) is 1.95. The van der Waals surface area contributed by atoms with E-state index in [4.69, 9.17) is 5.26 Å². The number of rotatable bonds is 8. The van der Waals surface area contributed by atoms with Crippen molar-refractivity contribution in [3.05, 3.63) is 47.3 Å². The number of thiophene rings is 1. The average molecular weight is 424 g/mol. The van der Waals surface area contributed by atoms with Gasteiger partial charge in [0.15, 0.2) is 11.0 Å². The third kappa shape index (κ3) is 4.52. The number of carbonyl (C=O) groups is 1. The maximum Gasteiger partial charge on any atom is 0.237 e. The van der Waals surface area contributed by atoms with E-state index in [1.54, 1.807) is 16.2 Å². The molecule has 1 amide bonds. The number of hydrogen-bond donors (Lipinski definition) is 0. The van der Waals surface area contributed by atoms with Crippen LogP contribution in [0, 0.1) is 18.3 Å². The molecule has 0 aliphatic heterocycles. The Morgan fingerprint density at radius 2 is 2.10 bits per heavy atom. The molecule has 0 unspecified atom stereocenters. The number of amides is 1. The molecule has 0 saturated heterocycles. The second-order valence-corrected chi connectivity index (χ2v) is 8.85. The first kappa shape index (κ1) is 19.7. The standard InChI is InChI=1S/C21H21N5OS2/c1-15-5-7-16(8-6-15)25(12-3-11-22)19(27)14-29-21-24-23-20(18-4-2-13-28-18)26(21)17-9-10-17/h2,4-8,13,17H,3,9-10,12,14H2,1H3. The minimum Gasteiger partial charge on any atom is -0.311 e. The van der Waals surface area contributed by atoms with Gasteiger partial charge in [-0.2, -0.15) is 5.26 Å². The summed E-state index contributed by atoms with van der Waals surface area (Å²) in [5.74, 6) is 1.11. The Morgan fingerprint density at radius 1 is 1.31 bits per heavy atom. The van der Waals surface area contributed by atoms with Crippen molar-refractivity contribution in [1.29, 1.82) is 5.26 Å². The Labute approximate surface area is 178 Å². The number of anilines is 1. The van der Waals surface area contributed by atoms with Crippen LogP contribution in [0.1, 0.15) is 30.9 Å². The Hall–Kier alpha value is -2.63. The van der Waals surface area contributed by atoms with E-state index >= 15 is 0 Å². The topological polar surface area (TPSA) is 74.8 Å². The van der Waals surface area contributed by atoms with Crippen molar-refractivity contribution in [2.75, 3.05) is 17.2 Å². The van der Waals surface area contributed by atoms with Crippen molar-refractivity contribution in [2.45, 2.75) is 37.4 Å². The molecule has 1 aliphatic carbocycles. The zero-order chi connectivity index (χ0) is 20.2. The number of nitriles is 1. The molecule has 148 valence electrons. The summed E-state index contributed by atoms with van der Waals surface area (Å²) in [6, 6.07) is 14.4. The van der Waals surface area contributed by atoms with Gasteiger partial charge in [-0.05, 0) is 43.3 Å². The van der Waals surface area contributed by atoms with Crippen LogP contribution in [0.3, 0.4) is 0 Å². The van der Waals surface area contributed by atoms with Crippen molar-refractivity contribution in [1.82, 2.24) is 14.8 Å². The van der Waals surface area contributed by atoms with Crippen LogP contribution in [0.5, 0.6) is 0 Å². The second kappa shape index (κ2) is 8.80. The summed E-state index contributed by atoms with van der Waals surface area (Å²) in [6.07, 6.45) is 2.54. The van der Waals surface area contributed by atoms with Crippen LogP contribution in [0.15, 0.2) is 46.9 Å². The molecule has 2 aromatic heterocycles. The summed E-state index contributed by atoms with van der Waals surface area (Å²) in [4.78, 5) is 15.8. The van der Waals surface area contributed by atoms with Crippen molar-refractivity contribution in [3.63, 3.8) is 0 Å². The molecule has 1 fully saturated rings. The molecule has 0 radical (unpaired) electrons. The van der Waals surface area contributed by atoms with Crippen LogP contribution in [0.4, 0.5) is 5.69 Å². The lowest BCUT2D eigenvalue weighted by atomic mass is 10.2. The highest BCUT2D eigenvalue weighted by molar-refractivity contribution is 7.99. The van der Waals surface area contributed by atoms with Gasteiger partial charge in [0.25, 0.3) is 0 Å². The largest absolute Gasteiger partial charge is 0.311 e. The maximum absolute atomic E-state index is 13.0. The van der Waals surface area contributed by atoms with Gasteiger partial charge in [0, 0.05) is 18.3 Å². The Kier molecular flexibility index (Phi) is 5.97. The van der Waals surface area contributed by atoms with Crippen molar-refractivity contribution in [3.8, 4) is 16.8 Å². The second-order valence-electron chi connectivity index (χ2n) is 6.96. The smallest absolute Gasteiger partial charge is 0.237 e. The number of benzene rings is 1. The first-order valence-electron chi connectivity index (χ1n) is 9.53. The predicted octanol–water partition coefficient (Wildman–Crippen LogP) is 4.69. The molecule has 1 saturated carbocycles. The summed E-state index contributed by atoms with van der Waals surface area (Å²) in [5, 5.41) is 20.6. The summed E-state index contributed by atoms with van der Waals surface area (Å²) < 4.78 is 2.18. The number of aromatic nitrogens is 3. The van der Waals surface area contributed by atoms with Gasteiger partial charge < -0.3 is 4.90 Å². The van der Waals surface area contributed by atoms with E-state index in [1.165, 1.54) is 11.8 Å². The quantitative estimate of drug-likeness (QED) is 0.491. The molecular weight excluding hydrogens is 402 g/mol. The molecule has 1 aromatic carbocycles. The van der Waals surface area contributed by atoms with E-state index in [-0.39, 0.29) is 11.7 Å². The van der Waals surface area contributed by atoms with Gasteiger partial charge in [-0.1, -0.05) is 35.5 Å². The van der Waals surface area contributed by atoms with Crippen LogP contribution in [-0.2, 0) is 4.79 Å². The van der Waals surface area contributed by atoms with E-state index in [0.717, 1.165) is 40.0 Å². The van der Waals surface area contributed by atoms with Crippen molar-refractivity contribution in [2.24, 2.45) is 0 Å². The van der Waals surface area contributed by atoms with Gasteiger partial charge >= 0.3 is 0 Å². The van der Waals surface area contributed by atoms with Gasteiger partial charge in [-0.3, -0.25) is 9.36 Å². The molecule has 0 bridgehead atoms. The number of carbonyl (C=O) groups excluding carboxylic acids is 1. The third-order valence-electron chi connectivity index (χ3n) is 4.74. The average Bonchev–Trinajstić information content (AvgIpc) is 3.25. The Balaban J connectivity index is 1.51. The fraction of sp³-hybridized carbons (Fsp3) is 0.333. The highest BCUT2D eigenvalue weighted by Gasteiger charge is 2.31.